The number of non-ortho nitro benzene ring substituents is 2. The van der Waals surface area contributed by atoms with E-state index >= 15 is 0 Å². The van der Waals surface area contributed by atoms with Crippen LogP contribution in [0.2, 0.25) is 0 Å². The average molecular weight is 769 g/mol. The monoisotopic (exact) mass is 767 g/mol. The number of nitrogens with one attached hydrogen (secondary N) is 4. The first-order valence-corrected chi connectivity index (χ1v) is 14.7. The van der Waals surface area contributed by atoms with Crippen molar-refractivity contribution >= 4 is 46.2 Å². The molecule has 50 heavy (non-hydrogen) atoms. The SMILES string of the molecule is O=C(Nc1ccc([N+](=O)[O-])cc1)Nc1cc2c(cc1NC(=O)Nc1ccc([N+](=O)[O-])cc1)OCCOCCOCCOCCOCCO2.[Br-].[NH4+]. The molecule has 4 amide bonds. The molecular formula is C30H38BrN7O12. The van der Waals surface area contributed by atoms with E-state index in [0.717, 1.165) is 0 Å². The number of quaternary nitrogens is 1. The van der Waals surface area contributed by atoms with Crippen LogP contribution in [0.15, 0.2) is 60.7 Å². The predicted octanol–water partition coefficient (Wildman–Crippen LogP) is 2.01. The van der Waals surface area contributed by atoms with Crippen molar-refractivity contribution in [2.45, 2.75) is 0 Å². The van der Waals surface area contributed by atoms with E-state index in [1.807, 2.05) is 0 Å². The molecule has 3 aromatic rings. The van der Waals surface area contributed by atoms with E-state index in [2.05, 4.69) is 21.3 Å². The summed E-state index contributed by atoms with van der Waals surface area (Å²) >= 11 is 0. The van der Waals surface area contributed by atoms with Crippen molar-refractivity contribution in [3.05, 3.63) is 80.9 Å². The summed E-state index contributed by atoms with van der Waals surface area (Å²) in [7, 11) is 0. The Hall–Kier alpha value is -5.12. The fourth-order valence-electron chi connectivity index (χ4n) is 4.08. The zero-order chi connectivity index (χ0) is 34.1. The first-order valence-electron chi connectivity index (χ1n) is 14.7. The van der Waals surface area contributed by atoms with Gasteiger partial charge >= 0.3 is 12.1 Å². The number of hydrogen-bond donors (Lipinski definition) is 5. The van der Waals surface area contributed by atoms with Gasteiger partial charge in [0.25, 0.3) is 11.4 Å². The van der Waals surface area contributed by atoms with Gasteiger partial charge in [-0.25, -0.2) is 9.59 Å². The third-order valence-electron chi connectivity index (χ3n) is 6.34. The first-order chi connectivity index (χ1) is 23.3. The summed E-state index contributed by atoms with van der Waals surface area (Å²) in [6.45, 7) is 2.89. The van der Waals surface area contributed by atoms with Gasteiger partial charge in [-0.3, -0.25) is 20.2 Å². The lowest BCUT2D eigenvalue weighted by Gasteiger charge is -2.19. The molecular weight excluding hydrogens is 730 g/mol. The number of carbonyl (C=O) groups excluding carboxylic acids is 2. The van der Waals surface area contributed by atoms with Gasteiger partial charge in [0, 0.05) is 47.8 Å². The fraction of sp³-hybridized carbons (Fsp3) is 0.333. The molecule has 0 spiro atoms. The number of nitro groups is 2. The van der Waals surface area contributed by atoms with E-state index in [4.69, 9.17) is 28.4 Å². The topological polar surface area (TPSA) is 260 Å². The van der Waals surface area contributed by atoms with Crippen LogP contribution in [0.3, 0.4) is 0 Å². The van der Waals surface area contributed by atoms with Crippen LogP contribution in [0.1, 0.15) is 0 Å². The van der Waals surface area contributed by atoms with Crippen LogP contribution in [-0.2, 0) is 18.9 Å². The summed E-state index contributed by atoms with van der Waals surface area (Å²) in [6, 6.07) is 11.8. The first kappa shape index (κ1) is 41.1. The van der Waals surface area contributed by atoms with Crippen molar-refractivity contribution in [3.8, 4) is 11.5 Å². The van der Waals surface area contributed by atoms with Gasteiger partial charge in [-0.05, 0) is 24.3 Å². The molecule has 0 saturated heterocycles. The molecule has 0 radical (unpaired) electrons. The summed E-state index contributed by atoms with van der Waals surface area (Å²) in [5.41, 5.74) is 0.433. The third-order valence-corrected chi connectivity index (χ3v) is 6.34. The van der Waals surface area contributed by atoms with Crippen molar-refractivity contribution < 1.29 is 64.8 Å². The second-order valence-electron chi connectivity index (χ2n) is 9.76. The fourth-order valence-corrected chi connectivity index (χ4v) is 4.08. The average Bonchev–Trinajstić information content (AvgIpc) is 3.06. The zero-order valence-electron chi connectivity index (χ0n) is 27.0. The molecule has 19 nitrogen and oxygen atoms in total. The van der Waals surface area contributed by atoms with Crippen LogP contribution in [0.4, 0.5) is 43.7 Å². The Kier molecular flexibility index (Phi) is 17.9. The highest BCUT2D eigenvalue weighted by atomic mass is 79.9. The number of urea groups is 2. The molecule has 1 heterocycles. The van der Waals surface area contributed by atoms with E-state index in [0.29, 0.717) is 39.6 Å². The number of anilines is 4. The predicted molar refractivity (Wildman–Crippen MR) is 178 cm³/mol. The second kappa shape index (κ2) is 21.8. The van der Waals surface area contributed by atoms with Crippen LogP contribution in [0, 0.1) is 20.2 Å². The van der Waals surface area contributed by atoms with Gasteiger partial charge in [0.15, 0.2) is 11.5 Å². The van der Waals surface area contributed by atoms with E-state index in [-0.39, 0.29) is 95.2 Å². The summed E-state index contributed by atoms with van der Waals surface area (Å²) < 4.78 is 33.9. The molecule has 0 unspecified atom stereocenters. The normalized spacial score (nSPS) is 14.2. The Morgan fingerprint density at radius 1 is 0.520 bits per heavy atom. The Morgan fingerprint density at radius 3 is 1.12 bits per heavy atom. The summed E-state index contributed by atoms with van der Waals surface area (Å²) in [4.78, 5) is 46.8. The number of amides is 4. The van der Waals surface area contributed by atoms with Crippen LogP contribution in [0.5, 0.6) is 11.5 Å². The van der Waals surface area contributed by atoms with E-state index < -0.39 is 21.9 Å². The maximum Gasteiger partial charge on any atom is 0.323 e. The van der Waals surface area contributed by atoms with Crippen molar-refractivity contribution in [2.75, 3.05) is 87.3 Å². The van der Waals surface area contributed by atoms with Crippen molar-refractivity contribution in [2.24, 2.45) is 0 Å². The van der Waals surface area contributed by atoms with Gasteiger partial charge in [-0.1, -0.05) is 0 Å². The van der Waals surface area contributed by atoms with Gasteiger partial charge in [0.2, 0.25) is 0 Å². The maximum absolute atomic E-state index is 13.0. The number of fused-ring (bicyclic) bond motifs is 1. The highest BCUT2D eigenvalue weighted by molar-refractivity contribution is 6.06. The van der Waals surface area contributed by atoms with Gasteiger partial charge < -0.3 is 72.8 Å². The van der Waals surface area contributed by atoms with Crippen LogP contribution >= 0.6 is 0 Å². The van der Waals surface area contributed by atoms with Crippen LogP contribution < -0.4 is 53.9 Å². The van der Waals surface area contributed by atoms with Crippen molar-refractivity contribution in [3.63, 3.8) is 0 Å². The Morgan fingerprint density at radius 2 is 0.820 bits per heavy atom. The number of nitro benzene ring substituents is 2. The third kappa shape index (κ3) is 13.8. The lowest BCUT2D eigenvalue weighted by atomic mass is 10.2. The molecule has 272 valence electrons. The highest BCUT2D eigenvalue weighted by Crippen LogP contribution is 2.37. The molecule has 8 N–H and O–H groups in total. The quantitative estimate of drug-likeness (QED) is 0.178. The number of rotatable bonds is 6. The lowest BCUT2D eigenvalue weighted by Crippen LogP contribution is -3.00. The number of hydrogen-bond acceptors (Lipinski definition) is 12. The maximum atomic E-state index is 13.0. The molecule has 0 fully saturated rings. The van der Waals surface area contributed by atoms with Gasteiger partial charge in [-0.2, -0.15) is 0 Å². The Bertz CT molecular complexity index is 1430. The lowest BCUT2D eigenvalue weighted by molar-refractivity contribution is -0.385. The highest BCUT2D eigenvalue weighted by Gasteiger charge is 2.18. The number of benzene rings is 3. The van der Waals surface area contributed by atoms with Gasteiger partial charge in [0.05, 0.1) is 74.1 Å². The van der Waals surface area contributed by atoms with E-state index in [1.165, 1.54) is 60.7 Å². The molecule has 0 aliphatic carbocycles. The molecule has 20 heteroatoms. The van der Waals surface area contributed by atoms with Crippen molar-refractivity contribution in [1.29, 1.82) is 0 Å². The minimum atomic E-state index is -0.734. The number of halogens is 1. The Labute approximate surface area is 296 Å². The summed E-state index contributed by atoms with van der Waals surface area (Å²) in [6.07, 6.45) is 0. The minimum Gasteiger partial charge on any atom is -1.00 e. The molecule has 1 aliphatic rings. The summed E-state index contributed by atoms with van der Waals surface area (Å²) in [5, 5.41) is 32.4. The number of nitrogens with zero attached hydrogens (tertiary/aromatic N) is 2. The van der Waals surface area contributed by atoms with Gasteiger partial charge in [0.1, 0.15) is 13.2 Å². The molecule has 4 rings (SSSR count). The number of carbonyl (C=O) groups is 2. The molecule has 1 aliphatic heterocycles. The molecule has 0 bridgehead atoms. The standard InChI is InChI=1S/C30H34N6O12.BrH.H3N/c37-29(31-21-1-5-23(6-2-21)35(39)40)33-25-19-27-28(20-26(25)34-30(38)32-22-3-7-24(8-4-22)36(41)42)48-18-16-46-14-12-44-10-9-43-11-13-45-15-17-47-27;;/h1-8,19-20H,9-18H2,(H2,31,33,37)(H2,32,34,38);1H;1H3. The second-order valence-corrected chi connectivity index (χ2v) is 9.76. The summed E-state index contributed by atoms with van der Waals surface area (Å²) in [5.74, 6) is 0.428. The number of ether oxygens (including phenoxy) is 6. The zero-order valence-corrected chi connectivity index (χ0v) is 28.6. The van der Waals surface area contributed by atoms with E-state index in [1.54, 1.807) is 0 Å². The van der Waals surface area contributed by atoms with Gasteiger partial charge in [-0.15, -0.1) is 0 Å². The Balaban J connectivity index is 0.00000433. The molecule has 0 aromatic heterocycles. The minimum absolute atomic E-state index is 0. The molecule has 0 saturated carbocycles. The molecule has 0 atom stereocenters. The van der Waals surface area contributed by atoms with Crippen LogP contribution in [-0.4, -0.2) is 88.0 Å². The van der Waals surface area contributed by atoms with E-state index in [9.17, 15) is 29.8 Å². The smallest absolute Gasteiger partial charge is 0.323 e. The van der Waals surface area contributed by atoms with Crippen molar-refractivity contribution in [1.82, 2.24) is 6.15 Å². The largest absolute Gasteiger partial charge is 1.00 e. The van der Waals surface area contributed by atoms with Crippen LogP contribution in [0.25, 0.3) is 0 Å². The molecule has 3 aromatic carbocycles.